The van der Waals surface area contributed by atoms with Crippen LogP contribution in [0.5, 0.6) is 0 Å². The topological polar surface area (TPSA) is 40.5 Å². The smallest absolute Gasteiger partial charge is 0.0659 e. The summed E-state index contributed by atoms with van der Waals surface area (Å²) in [6, 6.07) is 0. The van der Waals surface area contributed by atoms with Gasteiger partial charge in [-0.15, -0.1) is 0 Å². The maximum absolute atomic E-state index is 10.2. The maximum Gasteiger partial charge on any atom is 0.0659 e. The molecule has 0 saturated heterocycles. The van der Waals surface area contributed by atoms with Gasteiger partial charge in [0.2, 0.25) is 0 Å². The molecule has 2 N–H and O–H groups in total. The van der Waals surface area contributed by atoms with Crippen molar-refractivity contribution in [2.45, 2.75) is 59.2 Å². The van der Waals surface area contributed by atoms with E-state index in [1.54, 1.807) is 0 Å². The van der Waals surface area contributed by atoms with Crippen LogP contribution in [0.4, 0.5) is 0 Å². The van der Waals surface area contributed by atoms with Gasteiger partial charge in [0.15, 0.2) is 0 Å². The van der Waals surface area contributed by atoms with Crippen molar-refractivity contribution in [2.75, 3.05) is 0 Å². The Morgan fingerprint density at radius 3 is 1.81 bits per heavy atom. The Bertz CT molecular complexity index is 276. The molecule has 0 bridgehead atoms. The summed E-state index contributed by atoms with van der Waals surface area (Å²) in [6.45, 7) is 11.7. The zero-order valence-electron chi connectivity index (χ0n) is 11.4. The highest BCUT2D eigenvalue weighted by Gasteiger charge is 2.43. The van der Waals surface area contributed by atoms with Crippen LogP contribution in [0.2, 0.25) is 0 Å². The van der Waals surface area contributed by atoms with Crippen LogP contribution in [-0.2, 0) is 0 Å². The summed E-state index contributed by atoms with van der Waals surface area (Å²) in [7, 11) is 0. The fourth-order valence-corrected chi connectivity index (χ4v) is 2.94. The lowest BCUT2D eigenvalue weighted by atomic mass is 9.61. The van der Waals surface area contributed by atoms with E-state index >= 15 is 0 Å². The number of hydrogen-bond acceptors (Lipinski definition) is 2. The van der Waals surface area contributed by atoms with E-state index in [1.807, 2.05) is 27.7 Å². The predicted octanol–water partition coefficient (Wildman–Crippen LogP) is 2.75. The van der Waals surface area contributed by atoms with E-state index in [1.165, 1.54) is 0 Å². The van der Waals surface area contributed by atoms with Crippen molar-refractivity contribution in [1.82, 2.24) is 0 Å². The molecule has 0 spiro atoms. The van der Waals surface area contributed by atoms with Crippen molar-refractivity contribution in [1.29, 1.82) is 0 Å². The molecule has 0 saturated carbocycles. The van der Waals surface area contributed by atoms with E-state index in [4.69, 9.17) is 0 Å². The van der Waals surface area contributed by atoms with E-state index in [9.17, 15) is 10.2 Å². The first-order valence-corrected chi connectivity index (χ1v) is 6.08. The number of rotatable bonds is 2. The van der Waals surface area contributed by atoms with Crippen LogP contribution in [0, 0.1) is 17.3 Å². The highest BCUT2D eigenvalue weighted by molar-refractivity contribution is 5.12. The van der Waals surface area contributed by atoms with Gasteiger partial charge in [-0.25, -0.2) is 0 Å². The standard InChI is InChI=1S/C14H26O2/c1-12(2)9-10(13(3,4)15)7-8-11(12)14(5,6)16/h7-8,10-11,15-16H,9H2,1-6H3/t10-,11+/m1/s1. The van der Waals surface area contributed by atoms with Crippen LogP contribution in [0.25, 0.3) is 0 Å². The van der Waals surface area contributed by atoms with Crippen LogP contribution in [0.1, 0.15) is 48.0 Å². The molecule has 0 aromatic rings. The third-order valence-electron chi connectivity index (χ3n) is 3.79. The molecule has 0 heterocycles. The molecular weight excluding hydrogens is 200 g/mol. The minimum absolute atomic E-state index is 0.0116. The van der Waals surface area contributed by atoms with Crippen molar-refractivity contribution in [3.8, 4) is 0 Å². The Morgan fingerprint density at radius 1 is 1.00 bits per heavy atom. The van der Waals surface area contributed by atoms with Gasteiger partial charge in [0.05, 0.1) is 11.2 Å². The molecule has 2 atom stereocenters. The van der Waals surface area contributed by atoms with E-state index in [-0.39, 0.29) is 17.3 Å². The van der Waals surface area contributed by atoms with Crippen molar-refractivity contribution in [2.24, 2.45) is 17.3 Å². The zero-order chi connectivity index (χ0) is 12.8. The summed E-state index contributed by atoms with van der Waals surface area (Å²) in [5.41, 5.74) is -1.37. The second-order valence-corrected chi connectivity index (χ2v) is 6.97. The number of hydrogen-bond donors (Lipinski definition) is 2. The van der Waals surface area contributed by atoms with E-state index < -0.39 is 11.2 Å². The monoisotopic (exact) mass is 226 g/mol. The SMILES string of the molecule is CC(C)(O)[C@@H]1C=C[C@H](C(C)(C)O)C(C)(C)C1. The molecule has 1 aliphatic rings. The van der Waals surface area contributed by atoms with Crippen LogP contribution < -0.4 is 0 Å². The second-order valence-electron chi connectivity index (χ2n) is 6.97. The highest BCUT2D eigenvalue weighted by atomic mass is 16.3. The van der Waals surface area contributed by atoms with Crippen molar-refractivity contribution in [3.05, 3.63) is 12.2 Å². The van der Waals surface area contributed by atoms with Gasteiger partial charge in [0, 0.05) is 11.8 Å². The molecule has 1 rings (SSSR count). The normalized spacial score (nSPS) is 30.5. The third-order valence-corrected chi connectivity index (χ3v) is 3.79. The fourth-order valence-electron chi connectivity index (χ4n) is 2.94. The second kappa shape index (κ2) is 3.85. The maximum atomic E-state index is 10.2. The molecule has 0 aromatic carbocycles. The molecule has 2 heteroatoms. The van der Waals surface area contributed by atoms with Gasteiger partial charge in [0.1, 0.15) is 0 Å². The van der Waals surface area contributed by atoms with Gasteiger partial charge in [-0.1, -0.05) is 26.0 Å². The molecule has 16 heavy (non-hydrogen) atoms. The molecule has 0 aromatic heterocycles. The van der Waals surface area contributed by atoms with Gasteiger partial charge in [0.25, 0.3) is 0 Å². The molecule has 0 unspecified atom stereocenters. The zero-order valence-corrected chi connectivity index (χ0v) is 11.4. The quantitative estimate of drug-likeness (QED) is 0.711. The average Bonchev–Trinajstić information content (AvgIpc) is 1.97. The molecule has 1 aliphatic carbocycles. The van der Waals surface area contributed by atoms with Gasteiger partial charge < -0.3 is 10.2 Å². The van der Waals surface area contributed by atoms with Crippen molar-refractivity contribution in [3.63, 3.8) is 0 Å². The van der Waals surface area contributed by atoms with Crippen LogP contribution in [-0.4, -0.2) is 21.4 Å². The lowest BCUT2D eigenvalue weighted by Gasteiger charge is -2.46. The first-order valence-electron chi connectivity index (χ1n) is 6.08. The Balaban J connectivity index is 2.98. The van der Waals surface area contributed by atoms with Crippen LogP contribution >= 0.6 is 0 Å². The van der Waals surface area contributed by atoms with E-state index in [0.717, 1.165) is 6.42 Å². The largest absolute Gasteiger partial charge is 0.390 e. The highest BCUT2D eigenvalue weighted by Crippen LogP contribution is 2.46. The van der Waals surface area contributed by atoms with E-state index in [2.05, 4.69) is 26.0 Å². The van der Waals surface area contributed by atoms with E-state index in [0.29, 0.717) is 0 Å². The summed E-state index contributed by atoms with van der Waals surface area (Å²) >= 11 is 0. The lowest BCUT2D eigenvalue weighted by Crippen LogP contribution is -2.45. The summed E-state index contributed by atoms with van der Waals surface area (Å²) in [4.78, 5) is 0. The Labute approximate surface area is 99.4 Å². The first-order chi connectivity index (χ1) is 6.94. The van der Waals surface area contributed by atoms with Crippen LogP contribution in [0.15, 0.2) is 12.2 Å². The third kappa shape index (κ3) is 2.86. The van der Waals surface area contributed by atoms with Crippen molar-refractivity contribution >= 4 is 0 Å². The van der Waals surface area contributed by atoms with Crippen LogP contribution in [0.3, 0.4) is 0 Å². The summed E-state index contributed by atoms with van der Waals surface area (Å²) in [5, 5.41) is 20.2. The van der Waals surface area contributed by atoms with Gasteiger partial charge >= 0.3 is 0 Å². The predicted molar refractivity (Wildman–Crippen MR) is 67.1 cm³/mol. The molecule has 0 amide bonds. The minimum Gasteiger partial charge on any atom is -0.390 e. The molecular formula is C14H26O2. The fraction of sp³-hybridized carbons (Fsp3) is 0.857. The summed E-state index contributed by atoms with van der Waals surface area (Å²) in [6.07, 6.45) is 5.04. The van der Waals surface area contributed by atoms with Gasteiger partial charge in [-0.3, -0.25) is 0 Å². The Morgan fingerprint density at radius 2 is 1.50 bits per heavy atom. The minimum atomic E-state index is -0.704. The van der Waals surface area contributed by atoms with Gasteiger partial charge in [-0.2, -0.15) is 0 Å². The molecule has 0 radical (unpaired) electrons. The molecule has 94 valence electrons. The average molecular weight is 226 g/mol. The molecule has 0 fully saturated rings. The number of aliphatic hydroxyl groups is 2. The summed E-state index contributed by atoms with van der Waals surface area (Å²) in [5.74, 6) is 0.305. The van der Waals surface area contributed by atoms with Gasteiger partial charge in [-0.05, 0) is 39.5 Å². The Kier molecular flexibility index (Phi) is 3.30. The molecule has 0 aliphatic heterocycles. The lowest BCUT2D eigenvalue weighted by molar-refractivity contribution is -0.0484. The van der Waals surface area contributed by atoms with Crippen molar-refractivity contribution < 1.29 is 10.2 Å². The first kappa shape index (κ1) is 13.7. The Hall–Kier alpha value is -0.340. The summed E-state index contributed by atoms with van der Waals surface area (Å²) < 4.78 is 0. The molecule has 2 nitrogen and oxygen atoms in total.